The van der Waals surface area contributed by atoms with Crippen molar-refractivity contribution in [1.82, 2.24) is 4.31 Å². The number of rotatable bonds is 2. The molecule has 2 atom stereocenters. The van der Waals surface area contributed by atoms with Gasteiger partial charge in [-0.05, 0) is 58.8 Å². The Bertz CT molecular complexity index is 593. The lowest BCUT2D eigenvalue weighted by atomic mass is 10.0. The first-order valence-electron chi connectivity index (χ1n) is 6.43. The molecule has 2 unspecified atom stereocenters. The van der Waals surface area contributed by atoms with E-state index in [4.69, 9.17) is 11.6 Å². The van der Waals surface area contributed by atoms with E-state index in [1.165, 1.54) is 19.3 Å². The van der Waals surface area contributed by atoms with Gasteiger partial charge in [0.2, 0.25) is 10.0 Å². The molecule has 0 spiro atoms. The van der Waals surface area contributed by atoms with Crippen molar-refractivity contribution in [2.45, 2.75) is 24.2 Å². The van der Waals surface area contributed by atoms with E-state index in [0.717, 1.165) is 0 Å². The zero-order valence-corrected chi connectivity index (χ0v) is 13.5. The smallest absolute Gasteiger partial charge is 0.207 e. The molecule has 1 saturated carbocycles. The number of sulfonamides is 1. The van der Waals surface area contributed by atoms with Crippen LogP contribution in [-0.2, 0) is 10.0 Å². The summed E-state index contributed by atoms with van der Waals surface area (Å²) in [5.74, 6) is 1.12. The molecule has 1 aromatic carbocycles. The summed E-state index contributed by atoms with van der Waals surface area (Å²) in [4.78, 5) is 0.323. The predicted octanol–water partition coefficient (Wildman–Crippen LogP) is 3.52. The van der Waals surface area contributed by atoms with E-state index in [1.54, 1.807) is 22.5 Å². The molecule has 104 valence electrons. The van der Waals surface area contributed by atoms with Crippen LogP contribution in [0.15, 0.2) is 27.6 Å². The molecule has 1 heterocycles. The lowest BCUT2D eigenvalue weighted by Crippen LogP contribution is -2.29. The van der Waals surface area contributed by atoms with Gasteiger partial charge in [0, 0.05) is 17.6 Å². The van der Waals surface area contributed by atoms with Crippen LogP contribution in [0.25, 0.3) is 0 Å². The van der Waals surface area contributed by atoms with Crippen molar-refractivity contribution in [2.75, 3.05) is 13.1 Å². The quantitative estimate of drug-likeness (QED) is 0.805. The molecule has 1 aliphatic carbocycles. The average molecular weight is 365 g/mol. The third-order valence-electron chi connectivity index (χ3n) is 4.22. The van der Waals surface area contributed by atoms with Crippen LogP contribution in [0.2, 0.25) is 5.02 Å². The summed E-state index contributed by atoms with van der Waals surface area (Å²) in [5, 5.41) is 0.525. The number of fused-ring (bicyclic) bond motifs is 1. The first-order valence-corrected chi connectivity index (χ1v) is 9.05. The minimum atomic E-state index is -3.38. The van der Waals surface area contributed by atoms with E-state index in [-0.39, 0.29) is 0 Å². The molecular formula is C13H15BrClNO2S. The summed E-state index contributed by atoms with van der Waals surface area (Å²) in [6.07, 6.45) is 3.58. The Labute approximate surface area is 127 Å². The second kappa shape index (κ2) is 5.02. The summed E-state index contributed by atoms with van der Waals surface area (Å²) in [7, 11) is -3.38. The molecule has 19 heavy (non-hydrogen) atoms. The molecule has 0 aromatic heterocycles. The van der Waals surface area contributed by atoms with Crippen LogP contribution in [0.1, 0.15) is 19.3 Å². The number of hydrogen-bond acceptors (Lipinski definition) is 2. The van der Waals surface area contributed by atoms with Gasteiger partial charge in [-0.15, -0.1) is 0 Å². The first kappa shape index (κ1) is 13.9. The lowest BCUT2D eigenvalue weighted by Gasteiger charge is -2.17. The van der Waals surface area contributed by atoms with E-state index in [2.05, 4.69) is 15.9 Å². The normalized spacial score (nSPS) is 27.7. The largest absolute Gasteiger partial charge is 0.243 e. The first-order chi connectivity index (χ1) is 8.98. The second-order valence-electron chi connectivity index (χ2n) is 5.35. The van der Waals surface area contributed by atoms with Gasteiger partial charge >= 0.3 is 0 Å². The van der Waals surface area contributed by atoms with Crippen molar-refractivity contribution < 1.29 is 8.42 Å². The zero-order chi connectivity index (χ0) is 13.6. The monoisotopic (exact) mass is 363 g/mol. The van der Waals surface area contributed by atoms with E-state index >= 15 is 0 Å². The molecule has 1 aliphatic heterocycles. The lowest BCUT2D eigenvalue weighted by molar-refractivity contribution is 0.445. The van der Waals surface area contributed by atoms with Gasteiger partial charge in [-0.2, -0.15) is 4.31 Å². The van der Waals surface area contributed by atoms with E-state index in [0.29, 0.717) is 39.3 Å². The molecule has 0 radical (unpaired) electrons. The van der Waals surface area contributed by atoms with Crippen LogP contribution in [0, 0.1) is 11.8 Å². The van der Waals surface area contributed by atoms with Crippen LogP contribution in [-0.4, -0.2) is 25.8 Å². The maximum absolute atomic E-state index is 12.6. The van der Waals surface area contributed by atoms with Crippen molar-refractivity contribution in [1.29, 1.82) is 0 Å². The van der Waals surface area contributed by atoms with Crippen molar-refractivity contribution in [3.8, 4) is 0 Å². The van der Waals surface area contributed by atoms with E-state index < -0.39 is 10.0 Å². The van der Waals surface area contributed by atoms with Crippen molar-refractivity contribution >= 4 is 37.6 Å². The Morgan fingerprint density at radius 1 is 1.21 bits per heavy atom. The minimum absolute atomic E-state index is 0.323. The Hall–Kier alpha value is -0.100. The molecule has 6 heteroatoms. The molecule has 3 rings (SSSR count). The average Bonchev–Trinajstić information content (AvgIpc) is 2.93. The summed E-state index contributed by atoms with van der Waals surface area (Å²) >= 11 is 9.19. The predicted molar refractivity (Wildman–Crippen MR) is 78.7 cm³/mol. The second-order valence-corrected chi connectivity index (χ2v) is 8.55. The summed E-state index contributed by atoms with van der Waals surface area (Å²) in [6, 6.07) is 4.79. The number of nitrogens with zero attached hydrogens (tertiary/aromatic N) is 1. The third kappa shape index (κ3) is 2.46. The molecule has 1 aromatic rings. The van der Waals surface area contributed by atoms with E-state index in [9.17, 15) is 8.42 Å². The van der Waals surface area contributed by atoms with Crippen LogP contribution in [0.3, 0.4) is 0 Å². The molecule has 0 N–H and O–H groups in total. The fourth-order valence-corrected chi connectivity index (χ4v) is 5.40. The highest BCUT2D eigenvalue weighted by molar-refractivity contribution is 9.10. The molecule has 2 fully saturated rings. The van der Waals surface area contributed by atoms with Crippen LogP contribution in [0.4, 0.5) is 0 Å². The van der Waals surface area contributed by atoms with Crippen molar-refractivity contribution in [3.63, 3.8) is 0 Å². The van der Waals surface area contributed by atoms with Gasteiger partial charge in [0.1, 0.15) is 0 Å². The highest BCUT2D eigenvalue weighted by Gasteiger charge is 2.41. The van der Waals surface area contributed by atoms with Crippen LogP contribution < -0.4 is 0 Å². The van der Waals surface area contributed by atoms with Crippen molar-refractivity contribution in [3.05, 3.63) is 27.7 Å². The molecule has 2 aliphatic rings. The van der Waals surface area contributed by atoms with Gasteiger partial charge in [0.05, 0.1) is 9.92 Å². The molecular weight excluding hydrogens is 350 g/mol. The summed E-state index contributed by atoms with van der Waals surface area (Å²) < 4.78 is 27.4. The minimum Gasteiger partial charge on any atom is -0.207 e. The maximum atomic E-state index is 12.6. The van der Waals surface area contributed by atoms with Gasteiger partial charge in [0.25, 0.3) is 0 Å². The van der Waals surface area contributed by atoms with E-state index in [1.807, 2.05) is 0 Å². The van der Waals surface area contributed by atoms with Gasteiger partial charge < -0.3 is 0 Å². The highest BCUT2D eigenvalue weighted by atomic mass is 79.9. The van der Waals surface area contributed by atoms with Gasteiger partial charge in [-0.1, -0.05) is 18.0 Å². The molecule has 1 saturated heterocycles. The SMILES string of the molecule is O=S(=O)(c1ccc(Cl)c(Br)c1)N1CC2CCCC2C1. The number of hydrogen-bond donors (Lipinski definition) is 0. The molecule has 0 bridgehead atoms. The topological polar surface area (TPSA) is 37.4 Å². The van der Waals surface area contributed by atoms with Gasteiger partial charge in [-0.3, -0.25) is 0 Å². The fourth-order valence-electron chi connectivity index (χ4n) is 3.17. The molecule has 3 nitrogen and oxygen atoms in total. The fraction of sp³-hybridized carbons (Fsp3) is 0.538. The van der Waals surface area contributed by atoms with Crippen molar-refractivity contribution in [2.24, 2.45) is 11.8 Å². The highest BCUT2D eigenvalue weighted by Crippen LogP contribution is 2.40. The summed E-state index contributed by atoms with van der Waals surface area (Å²) in [5.41, 5.74) is 0. The number of benzene rings is 1. The Kier molecular flexibility index (Phi) is 3.67. The Balaban J connectivity index is 1.88. The van der Waals surface area contributed by atoms with Gasteiger partial charge in [-0.25, -0.2) is 8.42 Å². The zero-order valence-electron chi connectivity index (χ0n) is 10.4. The standard InChI is InChI=1S/C13H15BrClNO2S/c14-12-6-11(4-5-13(12)15)19(17,18)16-7-9-2-1-3-10(9)8-16/h4-6,9-10H,1-3,7-8H2. The molecule has 0 amide bonds. The van der Waals surface area contributed by atoms with Crippen LogP contribution >= 0.6 is 27.5 Å². The Morgan fingerprint density at radius 2 is 1.84 bits per heavy atom. The summed E-state index contributed by atoms with van der Waals surface area (Å²) in [6.45, 7) is 1.35. The van der Waals surface area contributed by atoms with Crippen LogP contribution in [0.5, 0.6) is 0 Å². The Morgan fingerprint density at radius 3 is 2.42 bits per heavy atom. The maximum Gasteiger partial charge on any atom is 0.243 e. The number of halogens is 2. The third-order valence-corrected chi connectivity index (χ3v) is 7.26. The van der Waals surface area contributed by atoms with Gasteiger partial charge in [0.15, 0.2) is 0 Å².